The van der Waals surface area contributed by atoms with Gasteiger partial charge in [-0.05, 0) is 25.3 Å². The van der Waals surface area contributed by atoms with Gasteiger partial charge in [0, 0.05) is 6.07 Å². The molecule has 1 heterocycles. The monoisotopic (exact) mass is 208 g/mol. The lowest BCUT2D eigenvalue weighted by atomic mass is 10.0. The van der Waals surface area contributed by atoms with Crippen LogP contribution in [0, 0.1) is 5.92 Å². The van der Waals surface area contributed by atoms with Crippen LogP contribution in [0.3, 0.4) is 0 Å². The molecule has 0 atom stereocenters. The summed E-state index contributed by atoms with van der Waals surface area (Å²) in [4.78, 5) is 0. The largest absolute Gasteiger partial charge is 0.360 e. The lowest BCUT2D eigenvalue weighted by Crippen LogP contribution is -2.21. The lowest BCUT2D eigenvalue weighted by molar-refractivity contribution is 0.358. The van der Waals surface area contributed by atoms with Crippen molar-refractivity contribution >= 4 is 0 Å². The minimum absolute atomic E-state index is 0.816. The highest BCUT2D eigenvalue weighted by molar-refractivity contribution is 4.91. The number of hydrogen-bond acceptors (Lipinski definition) is 3. The van der Waals surface area contributed by atoms with E-state index in [1.54, 1.807) is 6.20 Å². The number of nitrogens with zero attached hydrogens (tertiary/aromatic N) is 1. The molecule has 0 aromatic carbocycles. The maximum Gasteiger partial charge on any atom is 0.150 e. The molecule has 1 saturated carbocycles. The maximum absolute atomic E-state index is 5.04. The predicted octanol–water partition coefficient (Wildman–Crippen LogP) is 2.73. The van der Waals surface area contributed by atoms with E-state index < -0.39 is 0 Å². The number of aromatic nitrogens is 1. The van der Waals surface area contributed by atoms with Crippen molar-refractivity contribution in [3.05, 3.63) is 18.0 Å². The van der Waals surface area contributed by atoms with E-state index in [4.69, 9.17) is 4.52 Å². The van der Waals surface area contributed by atoms with Crippen molar-refractivity contribution in [3.8, 4) is 0 Å². The third kappa shape index (κ3) is 3.67. The Morgan fingerprint density at radius 2 is 2.07 bits per heavy atom. The molecule has 0 radical (unpaired) electrons. The van der Waals surface area contributed by atoms with Gasteiger partial charge in [0.2, 0.25) is 0 Å². The molecule has 1 fully saturated rings. The topological polar surface area (TPSA) is 38.1 Å². The fraction of sp³-hybridized carbons (Fsp3) is 0.750. The van der Waals surface area contributed by atoms with Crippen molar-refractivity contribution in [2.75, 3.05) is 6.54 Å². The lowest BCUT2D eigenvalue weighted by Gasteiger charge is -2.13. The normalized spacial score (nSPS) is 18.9. The molecule has 0 amide bonds. The molecular formula is C12H20N2O. The molecule has 1 aliphatic carbocycles. The van der Waals surface area contributed by atoms with Crippen LogP contribution in [0.15, 0.2) is 16.8 Å². The Kier molecular flexibility index (Phi) is 4.21. The van der Waals surface area contributed by atoms with E-state index in [-0.39, 0.29) is 0 Å². The van der Waals surface area contributed by atoms with Gasteiger partial charge in [-0.2, -0.15) is 0 Å². The molecule has 15 heavy (non-hydrogen) atoms. The van der Waals surface area contributed by atoms with E-state index in [0.29, 0.717) is 0 Å². The summed E-state index contributed by atoms with van der Waals surface area (Å²) in [6.45, 7) is 1.94. The van der Waals surface area contributed by atoms with Crippen molar-refractivity contribution in [2.24, 2.45) is 5.92 Å². The number of rotatable bonds is 4. The summed E-state index contributed by atoms with van der Waals surface area (Å²) in [6, 6.07) is 1.92. The third-order valence-corrected chi connectivity index (χ3v) is 3.20. The fourth-order valence-corrected chi connectivity index (χ4v) is 2.30. The van der Waals surface area contributed by atoms with Gasteiger partial charge < -0.3 is 9.84 Å². The van der Waals surface area contributed by atoms with Gasteiger partial charge in [0.1, 0.15) is 5.76 Å². The summed E-state index contributed by atoms with van der Waals surface area (Å²) in [6.07, 6.45) is 10.2. The van der Waals surface area contributed by atoms with Crippen molar-refractivity contribution in [2.45, 2.75) is 45.1 Å². The van der Waals surface area contributed by atoms with E-state index in [0.717, 1.165) is 24.8 Å². The Hall–Kier alpha value is -0.830. The van der Waals surface area contributed by atoms with Crippen LogP contribution in [0.5, 0.6) is 0 Å². The van der Waals surface area contributed by atoms with Crippen molar-refractivity contribution in [1.29, 1.82) is 0 Å². The molecule has 1 aliphatic rings. The van der Waals surface area contributed by atoms with Gasteiger partial charge in [-0.15, -0.1) is 0 Å². The minimum atomic E-state index is 0.816. The molecule has 1 aromatic heterocycles. The smallest absolute Gasteiger partial charge is 0.150 e. The summed E-state index contributed by atoms with van der Waals surface area (Å²) in [7, 11) is 0. The second kappa shape index (κ2) is 5.91. The van der Waals surface area contributed by atoms with Gasteiger partial charge in [-0.3, -0.25) is 0 Å². The minimum Gasteiger partial charge on any atom is -0.360 e. The first kappa shape index (κ1) is 10.7. The highest BCUT2D eigenvalue weighted by Gasteiger charge is 2.11. The average molecular weight is 208 g/mol. The highest BCUT2D eigenvalue weighted by atomic mass is 16.5. The zero-order chi connectivity index (χ0) is 10.3. The van der Waals surface area contributed by atoms with Crippen molar-refractivity contribution in [3.63, 3.8) is 0 Å². The molecule has 84 valence electrons. The van der Waals surface area contributed by atoms with Crippen LogP contribution in [0.25, 0.3) is 0 Å². The molecule has 1 N–H and O–H groups in total. The van der Waals surface area contributed by atoms with Crippen LogP contribution in [0.4, 0.5) is 0 Å². The SMILES string of the molecule is c1cc(CNCC2CCCCCC2)on1. The molecular weight excluding hydrogens is 188 g/mol. The Morgan fingerprint density at radius 1 is 1.27 bits per heavy atom. The summed E-state index contributed by atoms with van der Waals surface area (Å²) >= 11 is 0. The number of hydrogen-bond donors (Lipinski definition) is 1. The Balaban J connectivity index is 1.64. The molecule has 2 rings (SSSR count). The zero-order valence-electron chi connectivity index (χ0n) is 9.24. The van der Waals surface area contributed by atoms with E-state index >= 15 is 0 Å². The van der Waals surface area contributed by atoms with Crippen molar-refractivity contribution in [1.82, 2.24) is 10.5 Å². The maximum atomic E-state index is 5.04. The van der Waals surface area contributed by atoms with E-state index in [9.17, 15) is 0 Å². The Bertz CT molecular complexity index is 251. The van der Waals surface area contributed by atoms with Crippen LogP contribution in [-0.2, 0) is 6.54 Å². The Labute approximate surface area is 91.2 Å². The summed E-state index contributed by atoms with van der Waals surface area (Å²) in [5, 5.41) is 7.14. The second-order valence-corrected chi connectivity index (χ2v) is 4.47. The molecule has 3 nitrogen and oxygen atoms in total. The number of nitrogens with one attached hydrogen (secondary N) is 1. The van der Waals surface area contributed by atoms with Gasteiger partial charge in [-0.1, -0.05) is 30.8 Å². The van der Waals surface area contributed by atoms with Gasteiger partial charge in [0.05, 0.1) is 12.7 Å². The van der Waals surface area contributed by atoms with Gasteiger partial charge in [-0.25, -0.2) is 0 Å². The predicted molar refractivity (Wildman–Crippen MR) is 59.4 cm³/mol. The van der Waals surface area contributed by atoms with Crippen LogP contribution < -0.4 is 5.32 Å². The summed E-state index contributed by atoms with van der Waals surface area (Å²) in [5.74, 6) is 1.80. The third-order valence-electron chi connectivity index (χ3n) is 3.20. The van der Waals surface area contributed by atoms with Crippen molar-refractivity contribution < 1.29 is 4.52 Å². The van der Waals surface area contributed by atoms with Gasteiger partial charge >= 0.3 is 0 Å². The van der Waals surface area contributed by atoms with Crippen LogP contribution in [-0.4, -0.2) is 11.7 Å². The first-order chi connectivity index (χ1) is 7.45. The highest BCUT2D eigenvalue weighted by Crippen LogP contribution is 2.22. The first-order valence-electron chi connectivity index (χ1n) is 6.05. The molecule has 0 saturated heterocycles. The molecule has 0 spiro atoms. The van der Waals surface area contributed by atoms with Crippen LogP contribution in [0.2, 0.25) is 0 Å². The van der Waals surface area contributed by atoms with E-state index in [1.807, 2.05) is 6.07 Å². The van der Waals surface area contributed by atoms with Crippen LogP contribution in [0.1, 0.15) is 44.3 Å². The fourth-order valence-electron chi connectivity index (χ4n) is 2.30. The first-order valence-corrected chi connectivity index (χ1v) is 6.05. The molecule has 0 bridgehead atoms. The molecule has 3 heteroatoms. The average Bonchev–Trinajstić information content (AvgIpc) is 2.62. The zero-order valence-corrected chi connectivity index (χ0v) is 9.24. The van der Waals surface area contributed by atoms with Gasteiger partial charge in [0.25, 0.3) is 0 Å². The second-order valence-electron chi connectivity index (χ2n) is 4.47. The van der Waals surface area contributed by atoms with E-state index in [1.165, 1.54) is 38.5 Å². The molecule has 1 aromatic rings. The quantitative estimate of drug-likeness (QED) is 0.773. The molecule has 0 unspecified atom stereocenters. The standard InChI is InChI=1S/C12H20N2O/c1-2-4-6-11(5-3-1)9-13-10-12-7-8-14-15-12/h7-8,11,13H,1-6,9-10H2. The summed E-state index contributed by atoms with van der Waals surface area (Å²) in [5.41, 5.74) is 0. The van der Waals surface area contributed by atoms with E-state index in [2.05, 4.69) is 10.5 Å². The molecule has 0 aliphatic heterocycles. The summed E-state index contributed by atoms with van der Waals surface area (Å²) < 4.78 is 5.04. The Morgan fingerprint density at radius 3 is 2.73 bits per heavy atom. The van der Waals surface area contributed by atoms with Gasteiger partial charge in [0.15, 0.2) is 0 Å². The van der Waals surface area contributed by atoms with Crippen LogP contribution >= 0.6 is 0 Å².